The summed E-state index contributed by atoms with van der Waals surface area (Å²) in [6.07, 6.45) is 0.220. The molecule has 0 saturated heterocycles. The first-order chi connectivity index (χ1) is 14.0. The van der Waals surface area contributed by atoms with E-state index in [1.54, 1.807) is 0 Å². The van der Waals surface area contributed by atoms with Crippen molar-refractivity contribution >= 4 is 11.6 Å². The van der Waals surface area contributed by atoms with Crippen LogP contribution in [0.1, 0.15) is 53.1 Å². The number of benzene rings is 2. The molecule has 2 aromatic carbocycles. The lowest BCUT2D eigenvalue weighted by Crippen LogP contribution is -2.24. The Kier molecular flexibility index (Phi) is 5.05. The van der Waals surface area contributed by atoms with Gasteiger partial charge in [0.15, 0.2) is 5.76 Å². The average molecular weight is 387 g/mol. The summed E-state index contributed by atoms with van der Waals surface area (Å²) in [5.74, 6) is 0.604. The van der Waals surface area contributed by atoms with Gasteiger partial charge in [-0.1, -0.05) is 52.7 Å². The van der Waals surface area contributed by atoms with Gasteiger partial charge in [0.1, 0.15) is 6.04 Å². The third kappa shape index (κ3) is 3.60. The number of nitrogens with zero attached hydrogens (tertiary/aromatic N) is 2. The lowest BCUT2D eigenvalue weighted by atomic mass is 9.91. The summed E-state index contributed by atoms with van der Waals surface area (Å²) in [6.45, 7) is 8.58. The van der Waals surface area contributed by atoms with Gasteiger partial charge < -0.3 is 9.84 Å². The van der Waals surface area contributed by atoms with Crippen molar-refractivity contribution in [2.24, 2.45) is 4.99 Å². The molecule has 0 radical (unpaired) electrons. The summed E-state index contributed by atoms with van der Waals surface area (Å²) in [4.78, 5) is 17.5. The van der Waals surface area contributed by atoms with Crippen molar-refractivity contribution in [1.29, 1.82) is 0 Å². The minimum Gasteiger partial charge on any atom is -0.358 e. The van der Waals surface area contributed by atoms with Crippen molar-refractivity contribution in [2.75, 3.05) is 6.54 Å². The maximum atomic E-state index is 12.4. The number of rotatable bonds is 4. The fourth-order valence-electron chi connectivity index (χ4n) is 3.82. The minimum absolute atomic E-state index is 0.0494. The molecule has 4 rings (SSSR count). The predicted molar refractivity (Wildman–Crippen MR) is 114 cm³/mol. The fraction of sp³-hybridized carbons (Fsp3) is 0.292. The van der Waals surface area contributed by atoms with Gasteiger partial charge in [-0.3, -0.25) is 9.79 Å². The minimum atomic E-state index is -0.429. The van der Waals surface area contributed by atoms with Crippen LogP contribution >= 0.6 is 0 Å². The summed E-state index contributed by atoms with van der Waals surface area (Å²) >= 11 is 0. The van der Waals surface area contributed by atoms with Gasteiger partial charge in [0.2, 0.25) is 5.91 Å². The summed E-state index contributed by atoms with van der Waals surface area (Å²) in [7, 11) is 0. The van der Waals surface area contributed by atoms with Crippen LogP contribution in [0.15, 0.2) is 52.0 Å². The molecule has 1 aliphatic rings. The second kappa shape index (κ2) is 7.66. The van der Waals surface area contributed by atoms with Crippen molar-refractivity contribution < 1.29 is 9.32 Å². The average Bonchev–Trinajstić information content (AvgIpc) is 3.01. The van der Waals surface area contributed by atoms with Gasteiger partial charge in [0, 0.05) is 17.7 Å². The molecule has 5 nitrogen and oxygen atoms in total. The van der Waals surface area contributed by atoms with Gasteiger partial charge >= 0.3 is 0 Å². The summed E-state index contributed by atoms with van der Waals surface area (Å²) in [6, 6.07) is 14.3. The number of aliphatic imine (C=N–C) groups is 1. The van der Waals surface area contributed by atoms with Crippen molar-refractivity contribution in [3.63, 3.8) is 0 Å². The van der Waals surface area contributed by atoms with Crippen LogP contribution in [0.25, 0.3) is 11.1 Å². The van der Waals surface area contributed by atoms with Gasteiger partial charge in [-0.05, 0) is 39.3 Å². The summed E-state index contributed by atoms with van der Waals surface area (Å²) in [5, 5.41) is 7.07. The van der Waals surface area contributed by atoms with E-state index in [0.717, 1.165) is 39.2 Å². The molecule has 5 heteroatoms. The molecule has 2 heterocycles. The molecule has 1 aliphatic heterocycles. The molecule has 0 aliphatic carbocycles. The number of hydrogen-bond acceptors (Lipinski definition) is 4. The van der Waals surface area contributed by atoms with Crippen molar-refractivity contribution in [1.82, 2.24) is 10.5 Å². The summed E-state index contributed by atoms with van der Waals surface area (Å²) in [5.41, 5.74) is 8.09. The predicted octanol–water partition coefficient (Wildman–Crippen LogP) is 4.69. The maximum Gasteiger partial charge on any atom is 0.222 e. The number of carbonyl (C=O) groups is 1. The third-order valence-electron chi connectivity index (χ3n) is 5.25. The molecule has 148 valence electrons. The highest BCUT2D eigenvalue weighted by Gasteiger charge is 2.31. The second-order valence-corrected chi connectivity index (χ2v) is 7.57. The molecular weight excluding hydrogens is 362 g/mol. The van der Waals surface area contributed by atoms with E-state index in [1.165, 1.54) is 5.56 Å². The standard InChI is InChI=1S/C24H25N3O2/c1-5-25-21(28)13-20-24-22(16(4)27-29-24)18-11-8-15(3)12-19(18)23(26-20)17-9-6-14(2)7-10-17/h6-12,20H,5,13H2,1-4H3,(H,25,28)/t20-/m0/s1. The van der Waals surface area contributed by atoms with Crippen LogP contribution in [0, 0.1) is 20.8 Å². The first-order valence-electron chi connectivity index (χ1n) is 9.97. The second-order valence-electron chi connectivity index (χ2n) is 7.57. The lowest BCUT2D eigenvalue weighted by Gasteiger charge is -2.13. The van der Waals surface area contributed by atoms with Gasteiger partial charge in [-0.25, -0.2) is 0 Å². The Morgan fingerprint density at radius 2 is 1.76 bits per heavy atom. The van der Waals surface area contributed by atoms with Gasteiger partial charge in [0.05, 0.1) is 23.4 Å². The quantitative estimate of drug-likeness (QED) is 0.706. The fourth-order valence-corrected chi connectivity index (χ4v) is 3.82. The van der Waals surface area contributed by atoms with Crippen LogP contribution in [0.4, 0.5) is 0 Å². The monoisotopic (exact) mass is 387 g/mol. The van der Waals surface area contributed by atoms with E-state index >= 15 is 0 Å². The zero-order chi connectivity index (χ0) is 20.5. The van der Waals surface area contributed by atoms with E-state index in [0.29, 0.717) is 12.3 Å². The van der Waals surface area contributed by atoms with E-state index in [9.17, 15) is 4.79 Å². The smallest absolute Gasteiger partial charge is 0.222 e. The Morgan fingerprint density at radius 1 is 1.03 bits per heavy atom. The van der Waals surface area contributed by atoms with Crippen LogP contribution < -0.4 is 5.32 Å². The van der Waals surface area contributed by atoms with Gasteiger partial charge in [-0.15, -0.1) is 0 Å². The largest absolute Gasteiger partial charge is 0.358 e. The molecule has 0 spiro atoms. The SMILES string of the molecule is CCNC(=O)C[C@@H]1N=C(c2ccc(C)cc2)c2cc(C)ccc2-c2c(C)noc21. The van der Waals surface area contributed by atoms with Crippen LogP contribution in [-0.2, 0) is 4.79 Å². The molecule has 0 saturated carbocycles. The normalized spacial score (nSPS) is 15.2. The molecule has 0 fully saturated rings. The van der Waals surface area contributed by atoms with E-state index in [-0.39, 0.29) is 12.3 Å². The number of fused-ring (bicyclic) bond motifs is 3. The van der Waals surface area contributed by atoms with Crippen molar-refractivity contribution in [3.8, 4) is 11.1 Å². The Bertz CT molecular complexity index is 1090. The highest BCUT2D eigenvalue weighted by Crippen LogP contribution is 2.41. The van der Waals surface area contributed by atoms with Crippen LogP contribution in [0.2, 0.25) is 0 Å². The number of aromatic nitrogens is 1. The Hall–Kier alpha value is -3.21. The summed E-state index contributed by atoms with van der Waals surface area (Å²) < 4.78 is 5.71. The zero-order valence-electron chi connectivity index (χ0n) is 17.2. The van der Waals surface area contributed by atoms with Crippen LogP contribution in [0.3, 0.4) is 0 Å². The number of amides is 1. The first kappa shape index (κ1) is 19.1. The first-order valence-corrected chi connectivity index (χ1v) is 9.97. The Morgan fingerprint density at radius 3 is 2.48 bits per heavy atom. The van der Waals surface area contributed by atoms with E-state index in [1.807, 2.05) is 13.8 Å². The highest BCUT2D eigenvalue weighted by molar-refractivity contribution is 6.17. The molecule has 29 heavy (non-hydrogen) atoms. The van der Waals surface area contributed by atoms with Crippen LogP contribution in [0.5, 0.6) is 0 Å². The highest BCUT2D eigenvalue weighted by atomic mass is 16.5. The Balaban J connectivity index is 1.95. The maximum absolute atomic E-state index is 12.4. The number of carbonyl (C=O) groups excluding carboxylic acids is 1. The van der Waals surface area contributed by atoms with Crippen LogP contribution in [-0.4, -0.2) is 23.3 Å². The van der Waals surface area contributed by atoms with Crippen molar-refractivity contribution in [3.05, 3.63) is 76.2 Å². The molecule has 1 N–H and O–H groups in total. The van der Waals surface area contributed by atoms with E-state index in [2.05, 4.69) is 66.8 Å². The molecule has 0 unspecified atom stereocenters. The van der Waals surface area contributed by atoms with E-state index < -0.39 is 6.04 Å². The molecule has 0 bridgehead atoms. The van der Waals surface area contributed by atoms with Gasteiger partial charge in [-0.2, -0.15) is 0 Å². The molecular formula is C24H25N3O2. The number of aryl methyl sites for hydroxylation is 3. The van der Waals surface area contributed by atoms with Crippen molar-refractivity contribution in [2.45, 2.75) is 40.2 Å². The molecule has 1 amide bonds. The third-order valence-corrected chi connectivity index (χ3v) is 5.25. The molecule has 1 atom stereocenters. The van der Waals surface area contributed by atoms with E-state index in [4.69, 9.17) is 9.52 Å². The van der Waals surface area contributed by atoms with Gasteiger partial charge in [0.25, 0.3) is 0 Å². The lowest BCUT2D eigenvalue weighted by molar-refractivity contribution is -0.121. The zero-order valence-corrected chi connectivity index (χ0v) is 17.2. The topological polar surface area (TPSA) is 67.5 Å². The molecule has 3 aromatic rings. The Labute approximate surface area is 170 Å². The number of nitrogens with one attached hydrogen (secondary N) is 1. The molecule has 1 aromatic heterocycles. The number of hydrogen-bond donors (Lipinski definition) is 1.